The molecule has 0 bridgehead atoms. The monoisotopic (exact) mass is 581 g/mol. The molecule has 0 unspecified atom stereocenters. The molecule has 0 fully saturated rings. The van der Waals surface area contributed by atoms with Crippen molar-refractivity contribution in [2.45, 2.75) is 19.3 Å². The van der Waals surface area contributed by atoms with Crippen LogP contribution in [0, 0.1) is 0 Å². The van der Waals surface area contributed by atoms with Gasteiger partial charge in [0, 0.05) is 45.1 Å². The first-order valence-corrected chi connectivity index (χ1v) is 15.1. The van der Waals surface area contributed by atoms with Crippen LogP contribution in [0.5, 0.6) is 0 Å². The molecule has 3 aromatic heterocycles. The van der Waals surface area contributed by atoms with Crippen LogP contribution < -0.4 is 4.90 Å². The SMILES string of the molecule is CC1(C)c2ccccc2N(c2nc(-c3ccccc3)nc(-c3ccccc3)n2)c2c1c1ccncc1c1c2oc2ccccc21. The van der Waals surface area contributed by atoms with Gasteiger partial charge in [0.05, 0.1) is 11.4 Å². The molecular weight excluding hydrogens is 554 g/mol. The third-order valence-electron chi connectivity index (χ3n) is 8.96. The van der Waals surface area contributed by atoms with Gasteiger partial charge in [-0.05, 0) is 34.7 Å². The van der Waals surface area contributed by atoms with Gasteiger partial charge in [-0.2, -0.15) is 9.97 Å². The minimum Gasteiger partial charge on any atom is -0.454 e. The summed E-state index contributed by atoms with van der Waals surface area (Å²) >= 11 is 0. The first kappa shape index (κ1) is 25.6. The van der Waals surface area contributed by atoms with Crippen molar-refractivity contribution < 1.29 is 4.42 Å². The van der Waals surface area contributed by atoms with E-state index in [-0.39, 0.29) is 5.41 Å². The lowest BCUT2D eigenvalue weighted by atomic mass is 9.71. The minimum atomic E-state index is -0.368. The topological polar surface area (TPSA) is 67.9 Å². The predicted molar refractivity (Wildman–Crippen MR) is 180 cm³/mol. The molecule has 0 spiro atoms. The lowest BCUT2D eigenvalue weighted by molar-refractivity contribution is 0.627. The third-order valence-corrected chi connectivity index (χ3v) is 8.96. The van der Waals surface area contributed by atoms with Crippen LogP contribution in [0.3, 0.4) is 0 Å². The fraction of sp³-hybridized carbons (Fsp3) is 0.0769. The van der Waals surface area contributed by atoms with Gasteiger partial charge in [-0.3, -0.25) is 9.88 Å². The first-order valence-electron chi connectivity index (χ1n) is 15.1. The van der Waals surface area contributed by atoms with Crippen molar-refractivity contribution in [3.8, 4) is 22.8 Å². The van der Waals surface area contributed by atoms with Gasteiger partial charge in [0.25, 0.3) is 0 Å². The van der Waals surface area contributed by atoms with Crippen molar-refractivity contribution in [3.63, 3.8) is 0 Å². The van der Waals surface area contributed by atoms with Crippen LogP contribution in [0.25, 0.3) is 55.5 Å². The Kier molecular flexibility index (Phi) is 5.44. The largest absolute Gasteiger partial charge is 0.454 e. The molecule has 6 heteroatoms. The number of anilines is 3. The van der Waals surface area contributed by atoms with Crippen LogP contribution in [0.1, 0.15) is 25.0 Å². The molecule has 6 nitrogen and oxygen atoms in total. The number of rotatable bonds is 3. The summed E-state index contributed by atoms with van der Waals surface area (Å²) < 4.78 is 6.81. The molecule has 0 atom stereocenters. The highest BCUT2D eigenvalue weighted by Gasteiger charge is 2.42. The molecule has 0 amide bonds. The van der Waals surface area contributed by atoms with Crippen molar-refractivity contribution in [2.24, 2.45) is 0 Å². The summed E-state index contributed by atoms with van der Waals surface area (Å²) in [6.45, 7) is 4.57. The second-order valence-electron chi connectivity index (χ2n) is 11.9. The Labute approximate surface area is 259 Å². The Morgan fingerprint density at radius 3 is 2.00 bits per heavy atom. The van der Waals surface area contributed by atoms with Crippen molar-refractivity contribution >= 4 is 50.0 Å². The molecule has 5 aromatic carbocycles. The number of fused-ring (bicyclic) bond motifs is 9. The van der Waals surface area contributed by atoms with Gasteiger partial charge in [-0.25, -0.2) is 4.98 Å². The fourth-order valence-electron chi connectivity index (χ4n) is 6.94. The van der Waals surface area contributed by atoms with Crippen molar-refractivity contribution in [2.75, 3.05) is 4.90 Å². The number of furan rings is 1. The Hall–Kier alpha value is -5.88. The highest BCUT2D eigenvalue weighted by molar-refractivity contribution is 6.24. The molecule has 0 N–H and O–H groups in total. The molecule has 1 aliphatic heterocycles. The van der Waals surface area contributed by atoms with Crippen LogP contribution in [-0.4, -0.2) is 19.9 Å². The van der Waals surface area contributed by atoms with E-state index < -0.39 is 0 Å². The van der Waals surface area contributed by atoms with E-state index in [2.05, 4.69) is 66.2 Å². The first-order chi connectivity index (χ1) is 22.1. The fourth-order valence-corrected chi connectivity index (χ4v) is 6.94. The molecule has 0 radical (unpaired) electrons. The van der Waals surface area contributed by atoms with E-state index in [4.69, 9.17) is 19.4 Å². The maximum Gasteiger partial charge on any atom is 0.238 e. The zero-order valence-corrected chi connectivity index (χ0v) is 24.8. The van der Waals surface area contributed by atoms with E-state index in [0.717, 1.165) is 60.8 Å². The van der Waals surface area contributed by atoms with Crippen LogP contribution in [0.2, 0.25) is 0 Å². The second-order valence-corrected chi connectivity index (χ2v) is 11.9. The van der Waals surface area contributed by atoms with Crippen LogP contribution >= 0.6 is 0 Å². The molecule has 8 aromatic rings. The molecular formula is C39H27N5O. The zero-order valence-electron chi connectivity index (χ0n) is 24.8. The normalized spacial score (nSPS) is 13.7. The Bertz CT molecular complexity index is 2360. The predicted octanol–water partition coefficient (Wildman–Crippen LogP) is 9.76. The number of para-hydroxylation sites is 2. The molecule has 214 valence electrons. The highest BCUT2D eigenvalue weighted by Crippen LogP contribution is 2.57. The van der Waals surface area contributed by atoms with Crippen LogP contribution in [0.4, 0.5) is 17.3 Å². The number of hydrogen-bond acceptors (Lipinski definition) is 6. The van der Waals surface area contributed by atoms with Crippen molar-refractivity contribution in [3.05, 3.63) is 139 Å². The van der Waals surface area contributed by atoms with Gasteiger partial charge in [-0.15, -0.1) is 0 Å². The lowest BCUT2D eigenvalue weighted by Gasteiger charge is -2.41. The highest BCUT2D eigenvalue weighted by atomic mass is 16.3. The van der Waals surface area contributed by atoms with E-state index in [1.807, 2.05) is 85.2 Å². The van der Waals surface area contributed by atoms with Gasteiger partial charge in [0.1, 0.15) is 5.58 Å². The summed E-state index contributed by atoms with van der Waals surface area (Å²) in [4.78, 5) is 22.1. The third kappa shape index (κ3) is 3.75. The van der Waals surface area contributed by atoms with Gasteiger partial charge in [0.15, 0.2) is 17.2 Å². The van der Waals surface area contributed by atoms with Gasteiger partial charge < -0.3 is 4.42 Å². The summed E-state index contributed by atoms with van der Waals surface area (Å²) in [7, 11) is 0. The summed E-state index contributed by atoms with van der Waals surface area (Å²) in [5.74, 6) is 1.74. The quantitative estimate of drug-likeness (QED) is 0.207. The molecule has 1 aliphatic rings. The lowest BCUT2D eigenvalue weighted by Crippen LogP contribution is -2.32. The summed E-state index contributed by atoms with van der Waals surface area (Å²) in [5.41, 5.74) is 7.35. The maximum absolute atomic E-state index is 6.81. The van der Waals surface area contributed by atoms with E-state index in [9.17, 15) is 0 Å². The number of aromatic nitrogens is 4. The van der Waals surface area contributed by atoms with Crippen molar-refractivity contribution in [1.82, 2.24) is 19.9 Å². The van der Waals surface area contributed by atoms with Crippen molar-refractivity contribution in [1.29, 1.82) is 0 Å². The number of nitrogens with zero attached hydrogens (tertiary/aromatic N) is 5. The molecule has 45 heavy (non-hydrogen) atoms. The average Bonchev–Trinajstić information content (AvgIpc) is 3.49. The molecule has 0 saturated carbocycles. The summed E-state index contributed by atoms with van der Waals surface area (Å²) in [6, 6.07) is 39.1. The number of pyridine rings is 1. The Balaban J connectivity index is 1.45. The maximum atomic E-state index is 6.81. The standard InChI is InChI=1S/C39H27N5O/c1-39(2)29-18-10-11-19-30(29)44(38-42-36(24-13-5-3-6-14-24)41-37(43-38)25-15-7-4-8-16-25)34-33(39)26-21-22-40-23-28(26)32-27-17-9-12-20-31(27)45-35(32)34/h3-23H,1-2H3. The molecule has 0 saturated heterocycles. The van der Waals surface area contributed by atoms with Crippen LogP contribution in [0.15, 0.2) is 132 Å². The Morgan fingerprint density at radius 1 is 0.622 bits per heavy atom. The second kappa shape index (κ2) is 9.56. The molecule has 4 heterocycles. The molecule has 0 aliphatic carbocycles. The smallest absolute Gasteiger partial charge is 0.238 e. The van der Waals surface area contributed by atoms with Gasteiger partial charge in [-0.1, -0.05) is 111 Å². The van der Waals surface area contributed by atoms with E-state index in [0.29, 0.717) is 17.6 Å². The number of benzene rings is 5. The minimum absolute atomic E-state index is 0.368. The summed E-state index contributed by atoms with van der Waals surface area (Å²) in [5, 5.41) is 4.28. The summed E-state index contributed by atoms with van der Waals surface area (Å²) in [6.07, 6.45) is 3.84. The van der Waals surface area contributed by atoms with E-state index in [1.165, 1.54) is 5.56 Å². The average molecular weight is 582 g/mol. The van der Waals surface area contributed by atoms with Gasteiger partial charge >= 0.3 is 0 Å². The van der Waals surface area contributed by atoms with Gasteiger partial charge in [0.2, 0.25) is 5.95 Å². The van der Waals surface area contributed by atoms with E-state index in [1.54, 1.807) is 0 Å². The van der Waals surface area contributed by atoms with Crippen LogP contribution in [-0.2, 0) is 5.41 Å². The molecule has 9 rings (SSSR count). The number of hydrogen-bond donors (Lipinski definition) is 0. The van der Waals surface area contributed by atoms with E-state index >= 15 is 0 Å². The zero-order chi connectivity index (χ0) is 30.1. The Morgan fingerprint density at radius 2 is 1.27 bits per heavy atom.